The standard InChI is InChI=1S/C11H14N2O2S/c1-16-6-2-5-12-8-3-4-10-9(7-8)13-11(14)15-10/h3-4,7,12H,2,5-6H2,1H3,(H,13,14). The van der Waals surface area contributed by atoms with Gasteiger partial charge >= 0.3 is 5.76 Å². The molecule has 0 aliphatic carbocycles. The van der Waals surface area contributed by atoms with Crippen molar-refractivity contribution in [1.29, 1.82) is 0 Å². The van der Waals surface area contributed by atoms with Crippen LogP contribution in [0.25, 0.3) is 11.1 Å². The van der Waals surface area contributed by atoms with Crippen LogP contribution >= 0.6 is 11.8 Å². The second kappa shape index (κ2) is 5.12. The van der Waals surface area contributed by atoms with Gasteiger partial charge < -0.3 is 9.73 Å². The first-order valence-corrected chi connectivity index (χ1v) is 6.54. The Bertz CT molecular complexity index is 518. The molecule has 0 spiro atoms. The van der Waals surface area contributed by atoms with Crippen LogP contribution in [0.1, 0.15) is 6.42 Å². The van der Waals surface area contributed by atoms with Gasteiger partial charge in [0.25, 0.3) is 0 Å². The summed E-state index contributed by atoms with van der Waals surface area (Å²) in [5.41, 5.74) is 2.34. The molecule has 0 unspecified atom stereocenters. The predicted octanol–water partition coefficient (Wildman–Crippen LogP) is 2.29. The van der Waals surface area contributed by atoms with Crippen molar-refractivity contribution in [3.05, 3.63) is 28.7 Å². The van der Waals surface area contributed by atoms with E-state index in [0.717, 1.165) is 29.9 Å². The number of hydrogen-bond acceptors (Lipinski definition) is 4. The Hall–Kier alpha value is -1.36. The lowest BCUT2D eigenvalue weighted by atomic mass is 10.3. The first kappa shape index (κ1) is 11.1. The van der Waals surface area contributed by atoms with Crippen molar-refractivity contribution in [2.24, 2.45) is 0 Å². The van der Waals surface area contributed by atoms with Gasteiger partial charge in [0, 0.05) is 12.2 Å². The van der Waals surface area contributed by atoms with Gasteiger partial charge in [-0.3, -0.25) is 4.98 Å². The zero-order valence-corrected chi connectivity index (χ0v) is 9.89. The van der Waals surface area contributed by atoms with E-state index in [1.54, 1.807) is 6.07 Å². The molecule has 2 aromatic rings. The summed E-state index contributed by atoms with van der Waals surface area (Å²) in [7, 11) is 0. The molecule has 0 atom stereocenters. The monoisotopic (exact) mass is 238 g/mol. The molecule has 5 heteroatoms. The quantitative estimate of drug-likeness (QED) is 0.785. The number of benzene rings is 1. The first-order chi connectivity index (χ1) is 7.79. The fourth-order valence-electron chi connectivity index (χ4n) is 1.51. The van der Waals surface area contributed by atoms with E-state index in [0.29, 0.717) is 5.58 Å². The summed E-state index contributed by atoms with van der Waals surface area (Å²) >= 11 is 1.84. The van der Waals surface area contributed by atoms with Gasteiger partial charge in [-0.05, 0) is 36.6 Å². The molecule has 1 heterocycles. The van der Waals surface area contributed by atoms with Crippen molar-refractivity contribution < 1.29 is 4.42 Å². The number of nitrogens with one attached hydrogen (secondary N) is 2. The highest BCUT2D eigenvalue weighted by molar-refractivity contribution is 7.98. The summed E-state index contributed by atoms with van der Waals surface area (Å²) in [4.78, 5) is 13.6. The zero-order valence-electron chi connectivity index (χ0n) is 9.08. The second-order valence-corrected chi connectivity index (χ2v) is 4.48. The van der Waals surface area contributed by atoms with E-state index < -0.39 is 5.76 Å². The molecule has 0 fully saturated rings. The van der Waals surface area contributed by atoms with E-state index in [9.17, 15) is 4.79 Å². The second-order valence-electron chi connectivity index (χ2n) is 3.50. The van der Waals surface area contributed by atoms with E-state index in [4.69, 9.17) is 4.42 Å². The Morgan fingerprint density at radius 2 is 2.38 bits per heavy atom. The van der Waals surface area contributed by atoms with Crippen LogP contribution in [0.15, 0.2) is 27.4 Å². The molecule has 2 N–H and O–H groups in total. The lowest BCUT2D eigenvalue weighted by Crippen LogP contribution is -2.02. The normalized spacial score (nSPS) is 10.8. The molecule has 0 saturated heterocycles. The Labute approximate surface area is 97.4 Å². The summed E-state index contributed by atoms with van der Waals surface area (Å²) in [6.45, 7) is 0.939. The fraction of sp³-hybridized carbons (Fsp3) is 0.364. The van der Waals surface area contributed by atoms with Crippen molar-refractivity contribution in [3.63, 3.8) is 0 Å². The molecular weight excluding hydrogens is 224 g/mol. The van der Waals surface area contributed by atoms with E-state index in [-0.39, 0.29) is 0 Å². The maximum absolute atomic E-state index is 11.0. The van der Waals surface area contributed by atoms with E-state index in [1.165, 1.54) is 0 Å². The van der Waals surface area contributed by atoms with Gasteiger partial charge in [-0.1, -0.05) is 0 Å². The summed E-state index contributed by atoms with van der Waals surface area (Å²) in [5.74, 6) is 0.743. The summed E-state index contributed by atoms with van der Waals surface area (Å²) in [6, 6.07) is 5.60. The lowest BCUT2D eigenvalue weighted by molar-refractivity contribution is 0.555. The molecule has 4 nitrogen and oxygen atoms in total. The number of anilines is 1. The Kier molecular flexibility index (Phi) is 3.56. The van der Waals surface area contributed by atoms with Crippen LogP contribution in [0.3, 0.4) is 0 Å². The van der Waals surface area contributed by atoms with Crippen LogP contribution in [-0.4, -0.2) is 23.5 Å². The van der Waals surface area contributed by atoms with Gasteiger partial charge in [0.05, 0.1) is 5.52 Å². The van der Waals surface area contributed by atoms with Gasteiger partial charge in [-0.15, -0.1) is 0 Å². The molecule has 2 rings (SSSR count). The minimum Gasteiger partial charge on any atom is -0.408 e. The summed E-state index contributed by atoms with van der Waals surface area (Å²) in [5, 5.41) is 3.30. The minimum absolute atomic E-state index is 0.408. The average Bonchev–Trinajstić information content (AvgIpc) is 2.64. The van der Waals surface area contributed by atoms with Crippen molar-refractivity contribution in [2.75, 3.05) is 23.9 Å². The van der Waals surface area contributed by atoms with Gasteiger partial charge in [-0.2, -0.15) is 11.8 Å². The maximum atomic E-state index is 11.0. The number of rotatable bonds is 5. The smallest absolute Gasteiger partial charge is 0.408 e. The van der Waals surface area contributed by atoms with Crippen LogP contribution in [0.4, 0.5) is 5.69 Å². The van der Waals surface area contributed by atoms with Crippen molar-refractivity contribution in [2.45, 2.75) is 6.42 Å². The van der Waals surface area contributed by atoms with Gasteiger partial charge in [0.1, 0.15) is 0 Å². The highest BCUT2D eigenvalue weighted by atomic mass is 32.2. The van der Waals surface area contributed by atoms with Crippen molar-refractivity contribution >= 4 is 28.5 Å². The number of fused-ring (bicyclic) bond motifs is 1. The molecular formula is C11H14N2O2S. The Morgan fingerprint density at radius 3 is 3.19 bits per heavy atom. The molecule has 1 aromatic carbocycles. The Morgan fingerprint density at radius 1 is 1.50 bits per heavy atom. The number of aromatic amines is 1. The topological polar surface area (TPSA) is 58.0 Å². The number of thioether (sulfide) groups is 1. The van der Waals surface area contributed by atoms with Crippen LogP contribution in [0, 0.1) is 0 Å². The minimum atomic E-state index is -0.408. The van der Waals surface area contributed by atoms with Gasteiger partial charge in [0.2, 0.25) is 0 Å². The van der Waals surface area contributed by atoms with Gasteiger partial charge in [0.15, 0.2) is 5.58 Å². The molecule has 0 radical (unpaired) electrons. The molecule has 0 aliphatic rings. The van der Waals surface area contributed by atoms with E-state index in [2.05, 4.69) is 16.6 Å². The van der Waals surface area contributed by atoms with Gasteiger partial charge in [-0.25, -0.2) is 4.79 Å². The highest BCUT2D eigenvalue weighted by Crippen LogP contribution is 2.15. The maximum Gasteiger partial charge on any atom is 0.417 e. The van der Waals surface area contributed by atoms with Crippen molar-refractivity contribution in [1.82, 2.24) is 4.98 Å². The van der Waals surface area contributed by atoms with Crippen LogP contribution < -0.4 is 11.1 Å². The summed E-state index contributed by atoms with van der Waals surface area (Å²) < 4.78 is 4.92. The van der Waals surface area contributed by atoms with Crippen LogP contribution in [-0.2, 0) is 0 Å². The number of H-pyrrole nitrogens is 1. The first-order valence-electron chi connectivity index (χ1n) is 5.15. The molecule has 0 aliphatic heterocycles. The number of aromatic nitrogens is 1. The third kappa shape index (κ3) is 2.61. The average molecular weight is 238 g/mol. The lowest BCUT2D eigenvalue weighted by Gasteiger charge is -2.04. The highest BCUT2D eigenvalue weighted by Gasteiger charge is 2.01. The molecule has 0 saturated carbocycles. The third-order valence-corrected chi connectivity index (χ3v) is 2.97. The molecule has 16 heavy (non-hydrogen) atoms. The molecule has 0 bridgehead atoms. The van der Waals surface area contributed by atoms with Crippen LogP contribution in [0.2, 0.25) is 0 Å². The van der Waals surface area contributed by atoms with E-state index >= 15 is 0 Å². The zero-order chi connectivity index (χ0) is 11.4. The molecule has 1 aromatic heterocycles. The fourth-order valence-corrected chi connectivity index (χ4v) is 1.94. The predicted molar refractivity (Wildman–Crippen MR) is 68.3 cm³/mol. The molecule has 86 valence electrons. The molecule has 0 amide bonds. The van der Waals surface area contributed by atoms with Crippen LogP contribution in [0.5, 0.6) is 0 Å². The SMILES string of the molecule is CSCCCNc1ccc2oc(=O)[nH]c2c1. The number of oxazole rings is 1. The van der Waals surface area contributed by atoms with E-state index in [1.807, 2.05) is 23.9 Å². The third-order valence-electron chi connectivity index (χ3n) is 2.27. The number of hydrogen-bond donors (Lipinski definition) is 2. The summed E-state index contributed by atoms with van der Waals surface area (Å²) in [6.07, 6.45) is 3.23. The largest absolute Gasteiger partial charge is 0.417 e. The Balaban J connectivity index is 2.04. The van der Waals surface area contributed by atoms with Crippen molar-refractivity contribution in [3.8, 4) is 0 Å².